The number of aryl methyl sites for hydroxylation is 1. The summed E-state index contributed by atoms with van der Waals surface area (Å²) in [6.07, 6.45) is 5.75. The molecule has 0 aliphatic carbocycles. The quantitative estimate of drug-likeness (QED) is 0.262. The second-order valence-electron chi connectivity index (χ2n) is 9.59. The number of likely N-dealkylation sites (N-methyl/N-ethyl adjacent to an activating group) is 1. The van der Waals surface area contributed by atoms with Gasteiger partial charge in [0.05, 0.1) is 15.1 Å². The topological polar surface area (TPSA) is 45.1 Å². The predicted octanol–water partition coefficient (Wildman–Crippen LogP) is 7.95. The number of halogens is 1. The third-order valence-corrected chi connectivity index (χ3v) is 8.36. The molecular formula is C31H32BrN3O2S. The van der Waals surface area contributed by atoms with E-state index in [1.807, 2.05) is 49.4 Å². The number of anilines is 1. The van der Waals surface area contributed by atoms with Crippen LogP contribution in [0, 0.1) is 6.92 Å². The van der Waals surface area contributed by atoms with E-state index in [2.05, 4.69) is 58.1 Å². The van der Waals surface area contributed by atoms with Crippen molar-refractivity contribution in [1.82, 2.24) is 4.90 Å². The highest BCUT2D eigenvalue weighted by Crippen LogP contribution is 2.36. The first-order valence-corrected chi connectivity index (χ1v) is 14.7. The largest absolute Gasteiger partial charge is 0.488 e. The lowest BCUT2D eigenvalue weighted by Crippen LogP contribution is -2.29. The highest BCUT2D eigenvalue weighted by Gasteiger charge is 2.32. The van der Waals surface area contributed by atoms with E-state index in [1.54, 1.807) is 4.90 Å². The summed E-state index contributed by atoms with van der Waals surface area (Å²) in [6, 6.07) is 22.6. The molecule has 0 atom stereocenters. The minimum absolute atomic E-state index is 0.0166. The average Bonchev–Trinajstić information content (AvgIpc) is 3.22. The molecule has 196 valence electrons. The summed E-state index contributed by atoms with van der Waals surface area (Å²) in [6.45, 7) is 7.36. The number of nitrogens with zero attached hydrogens (tertiary/aromatic N) is 3. The molecule has 0 spiro atoms. The van der Waals surface area contributed by atoms with Crippen LogP contribution in [0.1, 0.15) is 42.9 Å². The molecule has 2 fully saturated rings. The van der Waals surface area contributed by atoms with Crippen LogP contribution in [0.4, 0.5) is 11.4 Å². The van der Waals surface area contributed by atoms with E-state index >= 15 is 0 Å². The number of carbonyl (C=O) groups excluding carboxylic acids is 1. The minimum Gasteiger partial charge on any atom is -0.488 e. The van der Waals surface area contributed by atoms with Crippen LogP contribution in [-0.4, -0.2) is 35.6 Å². The number of piperidine rings is 1. The molecule has 0 N–H and O–H groups in total. The van der Waals surface area contributed by atoms with Gasteiger partial charge in [-0.3, -0.25) is 9.69 Å². The van der Waals surface area contributed by atoms with Gasteiger partial charge < -0.3 is 9.64 Å². The van der Waals surface area contributed by atoms with Gasteiger partial charge in [-0.15, -0.1) is 0 Å². The number of amides is 1. The van der Waals surface area contributed by atoms with Crippen molar-refractivity contribution in [3.05, 3.63) is 92.8 Å². The van der Waals surface area contributed by atoms with E-state index in [1.165, 1.54) is 42.3 Å². The van der Waals surface area contributed by atoms with Gasteiger partial charge in [0.25, 0.3) is 5.91 Å². The van der Waals surface area contributed by atoms with Gasteiger partial charge in [0, 0.05) is 25.3 Å². The van der Waals surface area contributed by atoms with Gasteiger partial charge in [0.1, 0.15) is 12.4 Å². The maximum atomic E-state index is 13.2. The number of benzene rings is 3. The van der Waals surface area contributed by atoms with Crippen molar-refractivity contribution in [2.24, 2.45) is 4.99 Å². The molecule has 1 amide bonds. The lowest BCUT2D eigenvalue weighted by molar-refractivity contribution is -0.122. The van der Waals surface area contributed by atoms with Gasteiger partial charge in [-0.2, -0.15) is 0 Å². The fourth-order valence-electron chi connectivity index (χ4n) is 4.71. The third-order valence-electron chi connectivity index (χ3n) is 6.73. The van der Waals surface area contributed by atoms with Crippen molar-refractivity contribution in [3.63, 3.8) is 0 Å². The van der Waals surface area contributed by atoms with E-state index in [0.29, 0.717) is 23.2 Å². The van der Waals surface area contributed by atoms with Crippen LogP contribution >= 0.6 is 27.7 Å². The number of hydrogen-bond acceptors (Lipinski definition) is 5. The maximum Gasteiger partial charge on any atom is 0.266 e. The molecule has 0 radical (unpaired) electrons. The van der Waals surface area contributed by atoms with Gasteiger partial charge in [0.15, 0.2) is 5.17 Å². The van der Waals surface area contributed by atoms with Crippen LogP contribution in [0.5, 0.6) is 5.75 Å². The first-order chi connectivity index (χ1) is 18.5. The van der Waals surface area contributed by atoms with Gasteiger partial charge in [-0.25, -0.2) is 4.99 Å². The Balaban J connectivity index is 1.29. The van der Waals surface area contributed by atoms with Crippen molar-refractivity contribution >= 4 is 56.2 Å². The molecule has 0 bridgehead atoms. The van der Waals surface area contributed by atoms with E-state index in [9.17, 15) is 4.79 Å². The Labute approximate surface area is 237 Å². The first kappa shape index (κ1) is 26.6. The number of amidine groups is 1. The highest BCUT2D eigenvalue weighted by atomic mass is 79.9. The number of ether oxygens (including phenoxy) is 1. The van der Waals surface area contributed by atoms with E-state index in [-0.39, 0.29) is 5.91 Å². The van der Waals surface area contributed by atoms with Crippen LogP contribution < -0.4 is 9.64 Å². The Bertz CT molecular complexity index is 1360. The fourth-order valence-corrected chi connectivity index (χ4v) is 6.28. The van der Waals surface area contributed by atoms with Crippen LogP contribution in [0.15, 0.2) is 81.1 Å². The van der Waals surface area contributed by atoms with Crippen LogP contribution in [0.3, 0.4) is 0 Å². The first-order valence-electron chi connectivity index (χ1n) is 13.1. The average molecular weight is 591 g/mol. The summed E-state index contributed by atoms with van der Waals surface area (Å²) in [7, 11) is 0. The molecule has 0 saturated carbocycles. The molecule has 38 heavy (non-hydrogen) atoms. The van der Waals surface area contributed by atoms with Crippen LogP contribution in [-0.2, 0) is 11.4 Å². The third kappa shape index (κ3) is 6.33. The lowest BCUT2D eigenvalue weighted by atomic mass is 10.1. The molecule has 2 aliphatic heterocycles. The predicted molar refractivity (Wildman–Crippen MR) is 162 cm³/mol. The molecule has 3 aromatic rings. The molecule has 5 rings (SSSR count). The maximum absolute atomic E-state index is 13.2. The van der Waals surface area contributed by atoms with Crippen molar-refractivity contribution in [3.8, 4) is 5.75 Å². The van der Waals surface area contributed by atoms with Crippen molar-refractivity contribution < 1.29 is 9.53 Å². The van der Waals surface area contributed by atoms with Crippen molar-refractivity contribution in [2.45, 2.75) is 39.7 Å². The Morgan fingerprint density at radius 3 is 2.53 bits per heavy atom. The zero-order chi connectivity index (χ0) is 26.5. The SMILES string of the molecule is CCN1C(=O)/C(=C/c2ccc(OCc3cccc(C)c3)c(Br)c2)SC1=Nc1ccc(N2CCCCC2)cc1. The summed E-state index contributed by atoms with van der Waals surface area (Å²) in [4.78, 5) is 22.8. The Kier molecular flexibility index (Phi) is 8.55. The van der Waals surface area contributed by atoms with E-state index in [0.717, 1.165) is 40.1 Å². The zero-order valence-electron chi connectivity index (χ0n) is 21.8. The molecule has 5 nitrogen and oxygen atoms in total. The number of thioether (sulfide) groups is 1. The normalized spacial score (nSPS) is 18.0. The molecule has 3 aromatic carbocycles. The molecule has 2 heterocycles. The lowest BCUT2D eigenvalue weighted by Gasteiger charge is -2.28. The monoisotopic (exact) mass is 589 g/mol. The van der Waals surface area contributed by atoms with Gasteiger partial charge in [0.2, 0.25) is 0 Å². The molecule has 2 saturated heterocycles. The minimum atomic E-state index is -0.0166. The molecule has 0 unspecified atom stereocenters. The van der Waals surface area contributed by atoms with Crippen LogP contribution in [0.25, 0.3) is 6.08 Å². The molecule has 2 aliphatic rings. The smallest absolute Gasteiger partial charge is 0.266 e. The summed E-state index contributed by atoms with van der Waals surface area (Å²) in [5.41, 5.74) is 5.37. The van der Waals surface area contributed by atoms with Gasteiger partial charge >= 0.3 is 0 Å². The number of carbonyl (C=O) groups is 1. The summed E-state index contributed by atoms with van der Waals surface area (Å²) in [5, 5.41) is 0.714. The number of aliphatic imine (C=N–C) groups is 1. The van der Waals surface area contributed by atoms with Crippen LogP contribution in [0.2, 0.25) is 0 Å². The Hall–Kier alpha value is -3.03. The Morgan fingerprint density at radius 2 is 1.82 bits per heavy atom. The second kappa shape index (κ2) is 12.2. The van der Waals surface area contributed by atoms with Crippen molar-refractivity contribution in [2.75, 3.05) is 24.5 Å². The fraction of sp³-hybridized carbons (Fsp3) is 0.290. The summed E-state index contributed by atoms with van der Waals surface area (Å²) in [5.74, 6) is 0.751. The summed E-state index contributed by atoms with van der Waals surface area (Å²) >= 11 is 5.06. The Morgan fingerprint density at radius 1 is 1.03 bits per heavy atom. The zero-order valence-corrected chi connectivity index (χ0v) is 24.2. The van der Waals surface area contributed by atoms with Gasteiger partial charge in [-0.05, 0) is 114 Å². The number of hydrogen-bond donors (Lipinski definition) is 0. The van der Waals surface area contributed by atoms with Gasteiger partial charge in [-0.1, -0.05) is 35.9 Å². The molecular weight excluding hydrogens is 558 g/mol. The second-order valence-corrected chi connectivity index (χ2v) is 11.4. The number of rotatable bonds is 7. The van der Waals surface area contributed by atoms with Crippen molar-refractivity contribution in [1.29, 1.82) is 0 Å². The highest BCUT2D eigenvalue weighted by molar-refractivity contribution is 9.10. The molecule has 7 heteroatoms. The standard InChI is InChI=1S/C31H32BrN3O2S/c1-3-35-30(36)29(38-31(35)33-25-11-13-26(14-12-25)34-16-5-4-6-17-34)20-23-10-15-28(27(32)19-23)37-21-24-9-7-8-22(2)18-24/h7-15,18-20H,3-6,16-17,21H2,1-2H3/b29-20-,33-31?. The van der Waals surface area contributed by atoms with E-state index < -0.39 is 0 Å². The molecule has 0 aromatic heterocycles. The summed E-state index contributed by atoms with van der Waals surface area (Å²) < 4.78 is 6.87. The van der Waals surface area contributed by atoms with E-state index in [4.69, 9.17) is 9.73 Å².